The van der Waals surface area contributed by atoms with E-state index in [9.17, 15) is 15.0 Å². The van der Waals surface area contributed by atoms with Crippen LogP contribution >= 0.6 is 0 Å². The van der Waals surface area contributed by atoms with E-state index in [-0.39, 0.29) is 17.9 Å². The van der Waals surface area contributed by atoms with Crippen molar-refractivity contribution in [3.05, 3.63) is 0 Å². The highest BCUT2D eigenvalue weighted by atomic mass is 16.3. The number of hydrogen-bond donors (Lipinski definition) is 4. The zero-order chi connectivity index (χ0) is 12.8. The standard InChI is InChI=1S/C12H24N2O3/c1-3-8(4-2)11(16)7-14-12(17)10-5-9(15)6-13-10/h8-11,13,15-16H,3-7H2,1-2H3,(H,14,17). The molecule has 0 aromatic carbocycles. The molecule has 4 N–H and O–H groups in total. The SMILES string of the molecule is CCC(CC)C(O)CNC(=O)C1CC(O)CN1. The lowest BCUT2D eigenvalue weighted by Crippen LogP contribution is -2.44. The minimum absolute atomic E-state index is 0.133. The number of rotatable bonds is 6. The van der Waals surface area contributed by atoms with Gasteiger partial charge in [-0.1, -0.05) is 26.7 Å². The summed E-state index contributed by atoms with van der Waals surface area (Å²) in [6, 6.07) is -0.320. The maximum absolute atomic E-state index is 11.7. The number of β-amino-alcohol motifs (C(OH)–C–C–N with tert-alkyl or cyclic N) is 1. The third kappa shape index (κ3) is 4.26. The van der Waals surface area contributed by atoms with Gasteiger partial charge in [-0.15, -0.1) is 0 Å². The van der Waals surface area contributed by atoms with Crippen LogP contribution in [0.25, 0.3) is 0 Å². The normalized spacial score (nSPS) is 26.2. The van der Waals surface area contributed by atoms with E-state index in [1.165, 1.54) is 0 Å². The average molecular weight is 244 g/mol. The summed E-state index contributed by atoms with van der Waals surface area (Å²) in [5, 5.41) is 24.8. The van der Waals surface area contributed by atoms with Gasteiger partial charge in [-0.25, -0.2) is 0 Å². The van der Waals surface area contributed by atoms with Gasteiger partial charge in [0.2, 0.25) is 5.91 Å². The molecule has 0 aromatic rings. The Morgan fingerprint density at radius 1 is 1.47 bits per heavy atom. The highest BCUT2D eigenvalue weighted by Crippen LogP contribution is 2.12. The van der Waals surface area contributed by atoms with Crippen LogP contribution in [0.4, 0.5) is 0 Å². The molecule has 1 saturated heterocycles. The first kappa shape index (κ1) is 14.4. The Bertz CT molecular complexity index is 244. The van der Waals surface area contributed by atoms with Crippen molar-refractivity contribution in [1.29, 1.82) is 0 Å². The van der Waals surface area contributed by atoms with Crippen LogP contribution in [-0.4, -0.2) is 47.5 Å². The molecule has 0 spiro atoms. The largest absolute Gasteiger partial charge is 0.392 e. The molecule has 1 fully saturated rings. The van der Waals surface area contributed by atoms with Crippen LogP contribution in [0.3, 0.4) is 0 Å². The third-order valence-corrected chi connectivity index (χ3v) is 3.50. The lowest BCUT2D eigenvalue weighted by Gasteiger charge is -2.21. The van der Waals surface area contributed by atoms with Crippen LogP contribution in [0.2, 0.25) is 0 Å². The molecule has 1 amide bonds. The molecule has 0 aromatic heterocycles. The number of nitrogens with one attached hydrogen (secondary N) is 2. The van der Waals surface area contributed by atoms with E-state index in [0.29, 0.717) is 19.5 Å². The van der Waals surface area contributed by atoms with Crippen LogP contribution in [0, 0.1) is 5.92 Å². The molecule has 3 unspecified atom stereocenters. The van der Waals surface area contributed by atoms with Crippen LogP contribution in [0.15, 0.2) is 0 Å². The van der Waals surface area contributed by atoms with Crippen molar-refractivity contribution >= 4 is 5.91 Å². The van der Waals surface area contributed by atoms with Crippen molar-refractivity contribution in [2.24, 2.45) is 5.92 Å². The fourth-order valence-corrected chi connectivity index (χ4v) is 2.24. The van der Waals surface area contributed by atoms with E-state index in [4.69, 9.17) is 0 Å². The van der Waals surface area contributed by atoms with Gasteiger partial charge in [0.1, 0.15) is 0 Å². The molecular formula is C12H24N2O3. The highest BCUT2D eigenvalue weighted by molar-refractivity contribution is 5.82. The molecule has 5 heteroatoms. The lowest BCUT2D eigenvalue weighted by molar-refractivity contribution is -0.123. The van der Waals surface area contributed by atoms with E-state index < -0.39 is 12.2 Å². The van der Waals surface area contributed by atoms with E-state index in [0.717, 1.165) is 12.8 Å². The van der Waals surface area contributed by atoms with Gasteiger partial charge in [-0.05, 0) is 12.3 Å². The average Bonchev–Trinajstić information content (AvgIpc) is 2.74. The molecule has 0 saturated carbocycles. The Balaban J connectivity index is 2.27. The smallest absolute Gasteiger partial charge is 0.237 e. The zero-order valence-corrected chi connectivity index (χ0v) is 10.6. The lowest BCUT2D eigenvalue weighted by atomic mass is 9.96. The van der Waals surface area contributed by atoms with Gasteiger partial charge in [-0.2, -0.15) is 0 Å². The van der Waals surface area contributed by atoms with Crippen molar-refractivity contribution < 1.29 is 15.0 Å². The van der Waals surface area contributed by atoms with Gasteiger partial charge < -0.3 is 20.8 Å². The second kappa shape index (κ2) is 6.93. The first-order valence-corrected chi connectivity index (χ1v) is 6.45. The van der Waals surface area contributed by atoms with Crippen LogP contribution in [0.5, 0.6) is 0 Å². The van der Waals surface area contributed by atoms with Gasteiger partial charge in [0.15, 0.2) is 0 Å². The van der Waals surface area contributed by atoms with Crippen LogP contribution in [0.1, 0.15) is 33.1 Å². The molecule has 1 rings (SSSR count). The highest BCUT2D eigenvalue weighted by Gasteiger charge is 2.28. The van der Waals surface area contributed by atoms with Crippen LogP contribution < -0.4 is 10.6 Å². The molecule has 3 atom stereocenters. The Morgan fingerprint density at radius 2 is 2.12 bits per heavy atom. The van der Waals surface area contributed by atoms with E-state index in [1.807, 2.05) is 13.8 Å². The Morgan fingerprint density at radius 3 is 2.59 bits per heavy atom. The second-order valence-electron chi connectivity index (χ2n) is 4.74. The van der Waals surface area contributed by atoms with Gasteiger partial charge in [-0.3, -0.25) is 4.79 Å². The third-order valence-electron chi connectivity index (χ3n) is 3.50. The molecule has 1 aliphatic rings. The summed E-state index contributed by atoms with van der Waals surface area (Å²) in [7, 11) is 0. The number of carbonyl (C=O) groups is 1. The molecule has 0 bridgehead atoms. The predicted molar refractivity (Wildman–Crippen MR) is 65.5 cm³/mol. The van der Waals surface area contributed by atoms with Gasteiger partial charge >= 0.3 is 0 Å². The first-order chi connectivity index (χ1) is 8.08. The van der Waals surface area contributed by atoms with E-state index in [2.05, 4.69) is 10.6 Å². The first-order valence-electron chi connectivity index (χ1n) is 6.45. The van der Waals surface area contributed by atoms with Gasteiger partial charge in [0, 0.05) is 13.1 Å². The van der Waals surface area contributed by atoms with Crippen molar-refractivity contribution in [3.63, 3.8) is 0 Å². The number of carbonyl (C=O) groups excluding carboxylic acids is 1. The maximum Gasteiger partial charge on any atom is 0.237 e. The molecular weight excluding hydrogens is 220 g/mol. The molecule has 5 nitrogen and oxygen atoms in total. The van der Waals surface area contributed by atoms with E-state index in [1.54, 1.807) is 0 Å². The van der Waals surface area contributed by atoms with Gasteiger partial charge in [0.25, 0.3) is 0 Å². The Labute approximate surface area is 103 Å². The summed E-state index contributed by atoms with van der Waals surface area (Å²) >= 11 is 0. The Hall–Kier alpha value is -0.650. The zero-order valence-electron chi connectivity index (χ0n) is 10.6. The second-order valence-corrected chi connectivity index (χ2v) is 4.74. The summed E-state index contributed by atoms with van der Waals surface area (Å²) in [5.41, 5.74) is 0. The van der Waals surface area contributed by atoms with Gasteiger partial charge in [0.05, 0.1) is 18.2 Å². The molecule has 17 heavy (non-hydrogen) atoms. The number of hydrogen-bond acceptors (Lipinski definition) is 4. The molecule has 100 valence electrons. The molecule has 1 aliphatic heterocycles. The Kier molecular flexibility index (Phi) is 5.88. The van der Waals surface area contributed by atoms with Crippen LogP contribution in [-0.2, 0) is 4.79 Å². The predicted octanol–water partition coefficient (Wildman–Crippen LogP) is -0.377. The van der Waals surface area contributed by atoms with Crippen molar-refractivity contribution in [2.45, 2.75) is 51.4 Å². The summed E-state index contributed by atoms with van der Waals surface area (Å²) < 4.78 is 0. The topological polar surface area (TPSA) is 81.6 Å². The van der Waals surface area contributed by atoms with Crippen molar-refractivity contribution in [3.8, 4) is 0 Å². The summed E-state index contributed by atoms with van der Waals surface area (Å²) in [5.74, 6) is 0.101. The molecule has 1 heterocycles. The van der Waals surface area contributed by atoms with Crippen molar-refractivity contribution in [1.82, 2.24) is 10.6 Å². The van der Waals surface area contributed by atoms with Crippen molar-refractivity contribution in [2.75, 3.05) is 13.1 Å². The minimum Gasteiger partial charge on any atom is -0.392 e. The number of aliphatic hydroxyl groups excluding tert-OH is 2. The summed E-state index contributed by atoms with van der Waals surface area (Å²) in [4.78, 5) is 11.7. The quantitative estimate of drug-likeness (QED) is 0.513. The molecule has 0 radical (unpaired) electrons. The summed E-state index contributed by atoms with van der Waals surface area (Å²) in [6.07, 6.45) is 1.35. The minimum atomic E-state index is -0.486. The monoisotopic (exact) mass is 244 g/mol. The maximum atomic E-state index is 11.7. The fraction of sp³-hybridized carbons (Fsp3) is 0.917. The number of amides is 1. The summed E-state index contributed by atoms with van der Waals surface area (Å²) in [6.45, 7) is 4.83. The molecule has 0 aliphatic carbocycles. The number of aliphatic hydroxyl groups is 2. The fourth-order valence-electron chi connectivity index (χ4n) is 2.24. The van der Waals surface area contributed by atoms with E-state index >= 15 is 0 Å².